The molecule has 0 atom stereocenters. The highest BCUT2D eigenvalue weighted by atomic mass is 35.5. The first-order valence-corrected chi connectivity index (χ1v) is 5.75. The summed E-state index contributed by atoms with van der Waals surface area (Å²) in [6, 6.07) is 5.06. The molecule has 4 nitrogen and oxygen atoms in total. The van der Waals surface area contributed by atoms with E-state index < -0.39 is 4.92 Å². The van der Waals surface area contributed by atoms with Crippen LogP contribution in [0.2, 0.25) is 5.02 Å². The van der Waals surface area contributed by atoms with Gasteiger partial charge in [-0.15, -0.1) is 0 Å². The van der Waals surface area contributed by atoms with Crippen LogP contribution in [0.1, 0.15) is 25.7 Å². The number of hydrogen-bond donors (Lipinski definition) is 1. The Morgan fingerprint density at radius 3 is 2.69 bits per heavy atom. The number of hydrogen-bond acceptors (Lipinski definition) is 3. The molecule has 0 saturated heterocycles. The lowest BCUT2D eigenvalue weighted by molar-refractivity contribution is -0.384. The molecular formula is C11H13ClN2O2. The van der Waals surface area contributed by atoms with Crippen molar-refractivity contribution in [2.24, 2.45) is 0 Å². The Morgan fingerprint density at radius 2 is 2.06 bits per heavy atom. The molecular weight excluding hydrogens is 228 g/mol. The zero-order valence-corrected chi connectivity index (χ0v) is 9.54. The van der Waals surface area contributed by atoms with Crippen molar-refractivity contribution in [1.29, 1.82) is 0 Å². The molecule has 1 aliphatic carbocycles. The smallest absolute Gasteiger partial charge is 0.293 e. The van der Waals surface area contributed by atoms with Crippen LogP contribution < -0.4 is 5.32 Å². The van der Waals surface area contributed by atoms with Gasteiger partial charge in [-0.25, -0.2) is 0 Å². The summed E-state index contributed by atoms with van der Waals surface area (Å²) in [6.07, 6.45) is 4.47. The standard InChI is InChI=1S/C11H13ClN2O2/c12-9-6-3-7-10(14(15)16)11(9)13-8-4-1-2-5-8/h3,6-8,13H,1-2,4-5H2. The molecule has 0 radical (unpaired) electrons. The average Bonchev–Trinajstić information content (AvgIpc) is 2.73. The van der Waals surface area contributed by atoms with Crippen molar-refractivity contribution < 1.29 is 4.92 Å². The second-order valence-electron chi connectivity index (χ2n) is 4.02. The molecule has 1 aliphatic rings. The third kappa shape index (κ3) is 2.27. The minimum absolute atomic E-state index is 0.0550. The van der Waals surface area contributed by atoms with Crippen LogP contribution in [0.15, 0.2) is 18.2 Å². The van der Waals surface area contributed by atoms with E-state index in [0.717, 1.165) is 12.8 Å². The number of rotatable bonds is 3. The van der Waals surface area contributed by atoms with Crippen LogP contribution in [0.4, 0.5) is 11.4 Å². The SMILES string of the molecule is O=[N+]([O-])c1cccc(Cl)c1NC1CCCC1. The van der Waals surface area contributed by atoms with Crippen molar-refractivity contribution in [3.8, 4) is 0 Å². The van der Waals surface area contributed by atoms with Crippen molar-refractivity contribution in [2.75, 3.05) is 5.32 Å². The highest BCUT2D eigenvalue weighted by Crippen LogP contribution is 2.34. The minimum Gasteiger partial charge on any atom is -0.376 e. The molecule has 2 rings (SSSR count). The van der Waals surface area contributed by atoms with Gasteiger partial charge in [0.25, 0.3) is 5.69 Å². The first kappa shape index (κ1) is 11.2. The van der Waals surface area contributed by atoms with Gasteiger partial charge < -0.3 is 5.32 Å². The molecule has 16 heavy (non-hydrogen) atoms. The zero-order valence-electron chi connectivity index (χ0n) is 8.78. The van der Waals surface area contributed by atoms with E-state index in [-0.39, 0.29) is 5.69 Å². The number of anilines is 1. The monoisotopic (exact) mass is 240 g/mol. The van der Waals surface area contributed by atoms with E-state index in [0.29, 0.717) is 16.8 Å². The molecule has 1 N–H and O–H groups in total. The Kier molecular flexibility index (Phi) is 3.29. The zero-order chi connectivity index (χ0) is 11.5. The van der Waals surface area contributed by atoms with Crippen LogP contribution in [-0.4, -0.2) is 11.0 Å². The molecule has 0 heterocycles. The lowest BCUT2D eigenvalue weighted by Gasteiger charge is -2.14. The van der Waals surface area contributed by atoms with Crippen LogP contribution in [0.3, 0.4) is 0 Å². The van der Waals surface area contributed by atoms with Crippen LogP contribution in [0.5, 0.6) is 0 Å². The van der Waals surface area contributed by atoms with E-state index in [2.05, 4.69) is 5.32 Å². The van der Waals surface area contributed by atoms with Gasteiger partial charge in [0, 0.05) is 12.1 Å². The van der Waals surface area contributed by atoms with Gasteiger partial charge >= 0.3 is 0 Å². The predicted molar refractivity (Wildman–Crippen MR) is 64.0 cm³/mol. The normalized spacial score (nSPS) is 16.3. The van der Waals surface area contributed by atoms with E-state index in [9.17, 15) is 10.1 Å². The number of halogens is 1. The molecule has 5 heteroatoms. The molecule has 0 bridgehead atoms. The predicted octanol–water partition coefficient (Wildman–Crippen LogP) is 3.60. The summed E-state index contributed by atoms with van der Waals surface area (Å²) in [5.74, 6) is 0. The van der Waals surface area contributed by atoms with E-state index >= 15 is 0 Å². The van der Waals surface area contributed by atoms with Gasteiger partial charge in [0.2, 0.25) is 0 Å². The number of nitro benzene ring substituents is 1. The second kappa shape index (κ2) is 4.70. The summed E-state index contributed by atoms with van der Waals surface area (Å²) in [7, 11) is 0. The number of nitrogens with zero attached hydrogens (tertiary/aromatic N) is 1. The Hall–Kier alpha value is -1.29. The average molecular weight is 241 g/mol. The first-order valence-electron chi connectivity index (χ1n) is 5.38. The Morgan fingerprint density at radius 1 is 1.38 bits per heavy atom. The lowest BCUT2D eigenvalue weighted by atomic mass is 10.2. The summed E-state index contributed by atoms with van der Waals surface area (Å²) in [6.45, 7) is 0. The summed E-state index contributed by atoms with van der Waals surface area (Å²) < 4.78 is 0. The van der Waals surface area contributed by atoms with Gasteiger partial charge in [-0.1, -0.05) is 30.5 Å². The van der Waals surface area contributed by atoms with E-state index in [1.807, 2.05) is 0 Å². The number of nitrogens with one attached hydrogen (secondary N) is 1. The largest absolute Gasteiger partial charge is 0.376 e. The Balaban J connectivity index is 2.26. The Bertz CT molecular complexity index is 403. The lowest BCUT2D eigenvalue weighted by Crippen LogP contribution is -2.15. The fraction of sp³-hybridized carbons (Fsp3) is 0.455. The molecule has 1 fully saturated rings. The van der Waals surface area contributed by atoms with Crippen LogP contribution in [-0.2, 0) is 0 Å². The maximum atomic E-state index is 10.9. The quantitative estimate of drug-likeness (QED) is 0.649. The van der Waals surface area contributed by atoms with Crippen molar-refractivity contribution >= 4 is 23.0 Å². The second-order valence-corrected chi connectivity index (χ2v) is 4.42. The van der Waals surface area contributed by atoms with Gasteiger partial charge in [-0.2, -0.15) is 0 Å². The molecule has 86 valence electrons. The van der Waals surface area contributed by atoms with E-state index in [1.165, 1.54) is 18.9 Å². The fourth-order valence-corrected chi connectivity index (χ4v) is 2.31. The highest BCUT2D eigenvalue weighted by Gasteiger charge is 2.21. The Labute approximate surface area is 98.8 Å². The minimum atomic E-state index is -0.400. The summed E-state index contributed by atoms with van der Waals surface area (Å²) >= 11 is 5.98. The van der Waals surface area contributed by atoms with Crippen molar-refractivity contribution in [1.82, 2.24) is 0 Å². The topological polar surface area (TPSA) is 55.2 Å². The van der Waals surface area contributed by atoms with Crippen molar-refractivity contribution in [2.45, 2.75) is 31.7 Å². The van der Waals surface area contributed by atoms with Gasteiger partial charge in [0.1, 0.15) is 5.69 Å². The number of benzene rings is 1. The molecule has 1 aromatic rings. The van der Waals surface area contributed by atoms with Crippen molar-refractivity contribution in [3.05, 3.63) is 33.3 Å². The molecule has 1 saturated carbocycles. The molecule has 0 amide bonds. The van der Waals surface area contributed by atoms with Crippen molar-refractivity contribution in [3.63, 3.8) is 0 Å². The third-order valence-corrected chi connectivity index (χ3v) is 3.21. The van der Waals surface area contributed by atoms with E-state index in [1.54, 1.807) is 12.1 Å². The molecule has 1 aromatic carbocycles. The van der Waals surface area contributed by atoms with Crippen LogP contribution >= 0.6 is 11.6 Å². The third-order valence-electron chi connectivity index (χ3n) is 2.89. The molecule has 0 spiro atoms. The van der Waals surface area contributed by atoms with Gasteiger partial charge in [0.05, 0.1) is 9.95 Å². The van der Waals surface area contributed by atoms with Gasteiger partial charge in [-0.05, 0) is 18.9 Å². The first-order chi connectivity index (χ1) is 7.68. The maximum absolute atomic E-state index is 10.9. The van der Waals surface area contributed by atoms with Gasteiger partial charge in [-0.3, -0.25) is 10.1 Å². The summed E-state index contributed by atoms with van der Waals surface area (Å²) in [5, 5.41) is 14.5. The van der Waals surface area contributed by atoms with Crippen LogP contribution in [0, 0.1) is 10.1 Å². The number of nitro groups is 1. The molecule has 0 aliphatic heterocycles. The van der Waals surface area contributed by atoms with Gasteiger partial charge in [0.15, 0.2) is 0 Å². The maximum Gasteiger partial charge on any atom is 0.293 e. The van der Waals surface area contributed by atoms with E-state index in [4.69, 9.17) is 11.6 Å². The molecule has 0 aromatic heterocycles. The fourth-order valence-electron chi connectivity index (χ4n) is 2.08. The summed E-state index contributed by atoms with van der Waals surface area (Å²) in [5.41, 5.74) is 0.514. The van der Waals surface area contributed by atoms with Crippen LogP contribution in [0.25, 0.3) is 0 Å². The highest BCUT2D eigenvalue weighted by molar-refractivity contribution is 6.33. The molecule has 0 unspecified atom stereocenters. The number of para-hydroxylation sites is 1. The summed E-state index contributed by atoms with van der Waals surface area (Å²) in [4.78, 5) is 10.5.